The lowest BCUT2D eigenvalue weighted by Crippen LogP contribution is -2.51. The summed E-state index contributed by atoms with van der Waals surface area (Å²) in [7, 11) is 0. The van der Waals surface area contributed by atoms with Gasteiger partial charge in [0.1, 0.15) is 0 Å². The summed E-state index contributed by atoms with van der Waals surface area (Å²) in [5.74, 6) is -0.116. The first-order valence-corrected chi connectivity index (χ1v) is 7.55. The number of nitrogens with zero attached hydrogens (tertiary/aromatic N) is 2. The third-order valence-corrected chi connectivity index (χ3v) is 4.49. The lowest BCUT2D eigenvalue weighted by molar-refractivity contribution is -0.132. The summed E-state index contributed by atoms with van der Waals surface area (Å²) in [4.78, 5) is 25.6. The summed E-state index contributed by atoms with van der Waals surface area (Å²) < 4.78 is -0.113. The van der Waals surface area contributed by atoms with Gasteiger partial charge in [0, 0.05) is 37.3 Å². The van der Waals surface area contributed by atoms with Crippen LogP contribution in [-0.2, 0) is 11.3 Å². The summed E-state index contributed by atoms with van der Waals surface area (Å²) in [6.07, 6.45) is 0.965. The van der Waals surface area contributed by atoms with E-state index in [4.69, 9.17) is 34.8 Å². The number of hydrogen-bond acceptors (Lipinski definition) is 2. The van der Waals surface area contributed by atoms with E-state index in [2.05, 4.69) is 0 Å². The van der Waals surface area contributed by atoms with Crippen molar-refractivity contribution in [2.75, 3.05) is 13.1 Å². The quantitative estimate of drug-likeness (QED) is 0.682. The van der Waals surface area contributed by atoms with Crippen molar-refractivity contribution < 1.29 is 4.79 Å². The van der Waals surface area contributed by atoms with E-state index in [1.165, 1.54) is 0 Å². The minimum absolute atomic E-state index is 0.0124. The van der Waals surface area contributed by atoms with Gasteiger partial charge >= 0.3 is 0 Å². The molecular weight excluding hydrogens is 323 g/mol. The Hall–Kier alpha value is -0.710. The third-order valence-electron chi connectivity index (χ3n) is 4.01. The van der Waals surface area contributed by atoms with Gasteiger partial charge in [0.2, 0.25) is 0 Å². The molecule has 0 aliphatic carbocycles. The van der Waals surface area contributed by atoms with Gasteiger partial charge in [-0.15, -0.1) is 0 Å². The van der Waals surface area contributed by atoms with E-state index in [9.17, 15) is 9.59 Å². The number of aromatic nitrogens is 1. The maximum absolute atomic E-state index is 12.1. The lowest BCUT2D eigenvalue weighted by atomic mass is 9.83. The largest absolute Gasteiger partial charge is 0.338 e. The number of likely N-dealkylation sites (tertiary alicyclic amines) is 1. The van der Waals surface area contributed by atoms with Crippen molar-refractivity contribution >= 4 is 40.7 Å². The van der Waals surface area contributed by atoms with Crippen LogP contribution < -0.4 is 5.56 Å². The van der Waals surface area contributed by atoms with Crippen LogP contribution in [0.25, 0.3) is 0 Å². The minimum Gasteiger partial charge on any atom is -0.338 e. The number of alkyl halides is 3. The number of carbonyl (C=O) groups excluding carboxylic acids is 1. The van der Waals surface area contributed by atoms with Gasteiger partial charge in [-0.25, -0.2) is 0 Å². The van der Waals surface area contributed by atoms with Crippen LogP contribution in [0.2, 0.25) is 0 Å². The summed E-state index contributed by atoms with van der Waals surface area (Å²) in [5, 5.41) is 0. The van der Waals surface area contributed by atoms with Gasteiger partial charge in [-0.3, -0.25) is 9.59 Å². The number of amides is 1. The van der Waals surface area contributed by atoms with Crippen LogP contribution in [0.4, 0.5) is 0 Å². The molecule has 2 aliphatic heterocycles. The smallest absolute Gasteiger partial charge is 0.274 e. The first-order chi connectivity index (χ1) is 9.36. The number of hydrogen-bond donors (Lipinski definition) is 0. The molecule has 1 amide bonds. The SMILES string of the molecule is O=C(N1C[C@H]2C[C@@H](C1)c1cccc(=O)n1C2)C(Cl)(Cl)Cl. The molecule has 0 radical (unpaired) electrons. The van der Waals surface area contributed by atoms with Gasteiger partial charge in [-0.05, 0) is 18.4 Å². The molecule has 1 aromatic rings. The average molecular weight is 336 g/mol. The molecule has 0 N–H and O–H groups in total. The van der Waals surface area contributed by atoms with Gasteiger partial charge < -0.3 is 9.47 Å². The average Bonchev–Trinajstić information content (AvgIpc) is 2.38. The van der Waals surface area contributed by atoms with Crippen LogP contribution >= 0.6 is 34.8 Å². The minimum atomic E-state index is -1.91. The van der Waals surface area contributed by atoms with E-state index in [0.717, 1.165) is 12.1 Å². The highest BCUT2D eigenvalue weighted by molar-refractivity contribution is 6.76. The first-order valence-electron chi connectivity index (χ1n) is 6.42. The van der Waals surface area contributed by atoms with Crippen molar-refractivity contribution in [1.29, 1.82) is 0 Å². The number of pyridine rings is 1. The Morgan fingerprint density at radius 2 is 1.95 bits per heavy atom. The Labute approximate surface area is 131 Å². The van der Waals surface area contributed by atoms with Gasteiger partial charge in [-0.1, -0.05) is 40.9 Å². The summed E-state index contributed by atoms with van der Waals surface area (Å²) >= 11 is 17.1. The lowest BCUT2D eigenvalue weighted by Gasteiger charge is -2.43. The molecule has 3 heterocycles. The van der Waals surface area contributed by atoms with E-state index >= 15 is 0 Å². The molecule has 20 heavy (non-hydrogen) atoms. The van der Waals surface area contributed by atoms with Gasteiger partial charge in [0.25, 0.3) is 15.3 Å². The zero-order valence-electron chi connectivity index (χ0n) is 10.6. The van der Waals surface area contributed by atoms with E-state index in [-0.39, 0.29) is 17.4 Å². The fraction of sp³-hybridized carbons (Fsp3) is 0.538. The van der Waals surface area contributed by atoms with Gasteiger partial charge in [0.05, 0.1) is 0 Å². The monoisotopic (exact) mass is 334 g/mol. The van der Waals surface area contributed by atoms with Crippen molar-refractivity contribution in [2.24, 2.45) is 5.92 Å². The highest BCUT2D eigenvalue weighted by Gasteiger charge is 2.41. The molecule has 2 atom stereocenters. The normalized spacial score (nSPS) is 25.2. The Kier molecular flexibility index (Phi) is 3.51. The Bertz CT molecular complexity index is 608. The van der Waals surface area contributed by atoms with Crippen molar-refractivity contribution in [3.63, 3.8) is 0 Å². The zero-order valence-corrected chi connectivity index (χ0v) is 12.8. The summed E-state index contributed by atoms with van der Waals surface area (Å²) in [5.41, 5.74) is 0.980. The highest BCUT2D eigenvalue weighted by atomic mass is 35.6. The maximum atomic E-state index is 12.1. The first kappa shape index (κ1) is 14.2. The molecule has 0 saturated carbocycles. The van der Waals surface area contributed by atoms with Gasteiger partial charge in [0.15, 0.2) is 0 Å². The topological polar surface area (TPSA) is 42.3 Å². The molecule has 0 unspecified atom stereocenters. The number of rotatable bonds is 0. The van der Waals surface area contributed by atoms with Crippen LogP contribution in [0, 0.1) is 5.92 Å². The van der Waals surface area contributed by atoms with Crippen LogP contribution in [0.5, 0.6) is 0 Å². The summed E-state index contributed by atoms with van der Waals surface area (Å²) in [6, 6.07) is 5.25. The molecule has 2 aliphatic rings. The Morgan fingerprint density at radius 1 is 1.20 bits per heavy atom. The van der Waals surface area contributed by atoms with E-state index in [0.29, 0.717) is 19.6 Å². The third kappa shape index (κ3) is 2.45. The van der Waals surface area contributed by atoms with Crippen LogP contribution in [0.1, 0.15) is 18.0 Å². The van der Waals surface area contributed by atoms with Crippen molar-refractivity contribution in [1.82, 2.24) is 9.47 Å². The fourth-order valence-corrected chi connectivity index (χ4v) is 3.60. The number of halogens is 3. The standard InChI is InChI=1S/C13H13Cl3N2O2/c14-13(15,16)12(20)17-5-8-4-9(7-17)10-2-1-3-11(19)18(10)6-8/h1-3,8-9H,4-7H2/t8-,9+/m1/s1. The molecule has 4 nitrogen and oxygen atoms in total. The molecule has 1 fully saturated rings. The Morgan fingerprint density at radius 3 is 2.65 bits per heavy atom. The fourth-order valence-electron chi connectivity index (χ4n) is 3.24. The molecule has 1 saturated heterocycles. The van der Waals surface area contributed by atoms with Crippen LogP contribution in [0.15, 0.2) is 23.0 Å². The second kappa shape index (κ2) is 4.93. The zero-order chi connectivity index (χ0) is 14.5. The second-order valence-electron chi connectivity index (χ2n) is 5.41. The van der Waals surface area contributed by atoms with E-state index in [1.54, 1.807) is 21.6 Å². The summed E-state index contributed by atoms with van der Waals surface area (Å²) in [6.45, 7) is 1.64. The van der Waals surface area contributed by atoms with E-state index < -0.39 is 9.70 Å². The number of fused-ring (bicyclic) bond motifs is 4. The predicted molar refractivity (Wildman–Crippen MR) is 78.4 cm³/mol. The number of piperidine rings is 1. The molecular formula is C13H13Cl3N2O2. The molecule has 1 aromatic heterocycles. The van der Waals surface area contributed by atoms with Crippen LogP contribution in [-0.4, -0.2) is 32.3 Å². The molecule has 0 spiro atoms. The number of carbonyl (C=O) groups is 1. The van der Waals surface area contributed by atoms with E-state index in [1.807, 2.05) is 6.07 Å². The molecule has 7 heteroatoms. The second-order valence-corrected chi connectivity index (χ2v) is 7.69. The Balaban J connectivity index is 1.91. The van der Waals surface area contributed by atoms with Crippen LogP contribution in [0.3, 0.4) is 0 Å². The molecule has 2 bridgehead atoms. The van der Waals surface area contributed by atoms with Crippen molar-refractivity contribution in [3.05, 3.63) is 34.2 Å². The van der Waals surface area contributed by atoms with Crippen molar-refractivity contribution in [2.45, 2.75) is 22.7 Å². The van der Waals surface area contributed by atoms with Gasteiger partial charge in [-0.2, -0.15) is 0 Å². The highest BCUT2D eigenvalue weighted by Crippen LogP contribution is 2.37. The van der Waals surface area contributed by atoms with Crippen molar-refractivity contribution in [3.8, 4) is 0 Å². The molecule has 0 aromatic carbocycles. The maximum Gasteiger partial charge on any atom is 0.274 e. The predicted octanol–water partition coefficient (Wildman–Crippen LogP) is 2.16. The molecule has 3 rings (SSSR count). The molecule has 108 valence electrons.